The van der Waals surface area contributed by atoms with E-state index in [9.17, 15) is 20.1 Å². The van der Waals surface area contributed by atoms with Gasteiger partial charge in [0.1, 0.15) is 35.0 Å². The molecule has 11 heteroatoms. The number of methoxy groups -OCH3 is 4. The molecule has 5 unspecified atom stereocenters. The topological polar surface area (TPSA) is 146 Å². The predicted octanol–water partition coefficient (Wildman–Crippen LogP) is 1.70. The van der Waals surface area contributed by atoms with Crippen molar-refractivity contribution in [3.05, 3.63) is 40.6 Å². The Bertz CT molecular complexity index is 1280. The van der Waals surface area contributed by atoms with Crippen LogP contribution in [-0.4, -0.2) is 74.5 Å². The molecule has 1 aliphatic heterocycles. The van der Waals surface area contributed by atoms with E-state index in [1.54, 1.807) is 31.4 Å². The molecule has 0 bridgehead atoms. The zero-order valence-corrected chi connectivity index (χ0v) is 20.4. The molecule has 0 aliphatic carbocycles. The standard InChI is InChI=1S/C25H28O11/c1-11-17(26)19(28)20(29)25(34-11)36-22-15(31-3)10-14-16(23(22)32-4)18(27)24(33-5)21(35-14)12-6-8-13(30-2)9-7-12/h6-11,17,19-20,25-26,28-29H,1-5H3. The molecule has 5 atom stereocenters. The Hall–Kier alpha value is -3.51. The smallest absolute Gasteiger partial charge is 0.239 e. The number of aliphatic hydroxyl groups is 3. The van der Waals surface area contributed by atoms with Crippen molar-refractivity contribution in [3.63, 3.8) is 0 Å². The number of hydrogen-bond acceptors (Lipinski definition) is 11. The van der Waals surface area contributed by atoms with Crippen molar-refractivity contribution < 1.29 is 48.2 Å². The molecule has 0 radical (unpaired) electrons. The Morgan fingerprint density at radius 1 is 0.806 bits per heavy atom. The maximum atomic E-state index is 13.6. The highest BCUT2D eigenvalue weighted by Crippen LogP contribution is 2.45. The van der Waals surface area contributed by atoms with E-state index in [0.717, 1.165) is 0 Å². The molecule has 0 saturated carbocycles. The summed E-state index contributed by atoms with van der Waals surface area (Å²) < 4.78 is 39.1. The van der Waals surface area contributed by atoms with E-state index in [1.807, 2.05) is 0 Å². The summed E-state index contributed by atoms with van der Waals surface area (Å²) in [5.41, 5.74) is 0.162. The Morgan fingerprint density at radius 3 is 2.06 bits per heavy atom. The van der Waals surface area contributed by atoms with E-state index in [4.69, 9.17) is 32.8 Å². The summed E-state index contributed by atoms with van der Waals surface area (Å²) in [6.45, 7) is 1.52. The fourth-order valence-corrected chi connectivity index (χ4v) is 4.07. The minimum Gasteiger partial charge on any atom is -0.497 e. The maximum absolute atomic E-state index is 13.6. The minimum absolute atomic E-state index is 0.00124. The second kappa shape index (κ2) is 10.2. The number of rotatable bonds is 7. The highest BCUT2D eigenvalue weighted by Gasteiger charge is 2.44. The van der Waals surface area contributed by atoms with Gasteiger partial charge in [0.2, 0.25) is 23.2 Å². The second-order valence-electron chi connectivity index (χ2n) is 8.14. The van der Waals surface area contributed by atoms with Crippen LogP contribution >= 0.6 is 0 Å². The maximum Gasteiger partial charge on any atom is 0.239 e. The van der Waals surface area contributed by atoms with E-state index >= 15 is 0 Å². The molecule has 3 aromatic rings. The highest BCUT2D eigenvalue weighted by atomic mass is 16.7. The summed E-state index contributed by atoms with van der Waals surface area (Å²) in [6.07, 6.45) is -6.67. The molecule has 0 amide bonds. The van der Waals surface area contributed by atoms with Gasteiger partial charge in [0.25, 0.3) is 0 Å². The van der Waals surface area contributed by atoms with Crippen LogP contribution in [0.4, 0.5) is 0 Å². The second-order valence-corrected chi connectivity index (χ2v) is 8.14. The molecular weight excluding hydrogens is 476 g/mol. The average Bonchev–Trinajstić information content (AvgIpc) is 2.90. The molecule has 11 nitrogen and oxygen atoms in total. The van der Waals surface area contributed by atoms with Crippen LogP contribution in [-0.2, 0) is 4.74 Å². The molecule has 1 aromatic heterocycles. The van der Waals surface area contributed by atoms with E-state index in [1.165, 1.54) is 34.3 Å². The van der Waals surface area contributed by atoms with Crippen molar-refractivity contribution in [1.82, 2.24) is 0 Å². The van der Waals surface area contributed by atoms with Crippen molar-refractivity contribution in [2.45, 2.75) is 37.6 Å². The first-order valence-electron chi connectivity index (χ1n) is 11.1. The van der Waals surface area contributed by atoms with Crippen LogP contribution in [0.25, 0.3) is 22.3 Å². The Labute approximate surface area is 206 Å². The number of benzene rings is 2. The van der Waals surface area contributed by atoms with Gasteiger partial charge in [-0.2, -0.15) is 0 Å². The van der Waals surface area contributed by atoms with Crippen LogP contribution in [0.2, 0.25) is 0 Å². The summed E-state index contributed by atoms with van der Waals surface area (Å²) in [7, 11) is 5.59. The van der Waals surface area contributed by atoms with Gasteiger partial charge in [0.15, 0.2) is 17.3 Å². The van der Waals surface area contributed by atoms with Crippen molar-refractivity contribution >= 4 is 11.0 Å². The molecule has 2 heterocycles. The number of ether oxygens (including phenoxy) is 6. The molecule has 1 aliphatic rings. The van der Waals surface area contributed by atoms with Gasteiger partial charge in [-0.3, -0.25) is 4.79 Å². The molecule has 0 spiro atoms. The molecule has 3 N–H and O–H groups in total. The average molecular weight is 504 g/mol. The van der Waals surface area contributed by atoms with Crippen molar-refractivity contribution in [2.75, 3.05) is 28.4 Å². The van der Waals surface area contributed by atoms with Crippen molar-refractivity contribution in [3.8, 4) is 40.1 Å². The summed E-state index contributed by atoms with van der Waals surface area (Å²) in [5, 5.41) is 30.5. The van der Waals surface area contributed by atoms with Crippen LogP contribution in [0.15, 0.2) is 39.5 Å². The Balaban J connectivity index is 1.89. The lowest BCUT2D eigenvalue weighted by molar-refractivity contribution is -0.268. The number of aliphatic hydroxyl groups excluding tert-OH is 3. The molecule has 194 valence electrons. The lowest BCUT2D eigenvalue weighted by atomic mass is 10.00. The predicted molar refractivity (Wildman–Crippen MR) is 127 cm³/mol. The molecular formula is C25H28O11. The van der Waals surface area contributed by atoms with Gasteiger partial charge in [0.05, 0.1) is 34.5 Å². The fourth-order valence-electron chi connectivity index (χ4n) is 4.07. The van der Waals surface area contributed by atoms with Crippen LogP contribution in [0, 0.1) is 0 Å². The summed E-state index contributed by atoms with van der Waals surface area (Å²) in [6, 6.07) is 8.32. The first-order chi connectivity index (χ1) is 17.2. The highest BCUT2D eigenvalue weighted by molar-refractivity contribution is 5.91. The number of fused-ring (bicyclic) bond motifs is 1. The van der Waals surface area contributed by atoms with Gasteiger partial charge in [-0.05, 0) is 31.2 Å². The van der Waals surface area contributed by atoms with Crippen molar-refractivity contribution in [2.24, 2.45) is 0 Å². The summed E-state index contributed by atoms with van der Waals surface area (Å²) in [5.74, 6) is 0.735. The van der Waals surface area contributed by atoms with Gasteiger partial charge >= 0.3 is 0 Å². The van der Waals surface area contributed by atoms with Crippen LogP contribution in [0.1, 0.15) is 6.92 Å². The SMILES string of the molecule is COc1ccc(-c2oc3cc(OC)c(OC4OC(C)C(O)C(O)C4O)c(OC)c3c(=O)c2OC)cc1. The lowest BCUT2D eigenvalue weighted by Gasteiger charge is -2.39. The molecule has 1 fully saturated rings. The third-order valence-corrected chi connectivity index (χ3v) is 6.04. The molecule has 36 heavy (non-hydrogen) atoms. The Morgan fingerprint density at radius 2 is 1.47 bits per heavy atom. The normalized spacial score (nSPS) is 23.8. The quantitative estimate of drug-likeness (QED) is 0.432. The third-order valence-electron chi connectivity index (χ3n) is 6.04. The lowest BCUT2D eigenvalue weighted by Crippen LogP contribution is -2.58. The molecule has 1 saturated heterocycles. The van der Waals surface area contributed by atoms with Gasteiger partial charge in [-0.15, -0.1) is 0 Å². The van der Waals surface area contributed by atoms with Crippen LogP contribution in [0.3, 0.4) is 0 Å². The van der Waals surface area contributed by atoms with Gasteiger partial charge < -0.3 is 48.2 Å². The first-order valence-corrected chi connectivity index (χ1v) is 11.1. The largest absolute Gasteiger partial charge is 0.497 e. The first kappa shape index (κ1) is 25.6. The van der Waals surface area contributed by atoms with E-state index in [2.05, 4.69) is 0 Å². The fraction of sp³-hybridized carbons (Fsp3) is 0.400. The zero-order chi connectivity index (χ0) is 26.1. The van der Waals surface area contributed by atoms with E-state index in [0.29, 0.717) is 11.3 Å². The zero-order valence-electron chi connectivity index (χ0n) is 20.4. The van der Waals surface area contributed by atoms with Crippen LogP contribution < -0.4 is 29.1 Å². The summed E-state index contributed by atoms with van der Waals surface area (Å²) >= 11 is 0. The van der Waals surface area contributed by atoms with Gasteiger partial charge in [-0.1, -0.05) is 0 Å². The third kappa shape index (κ3) is 4.30. The van der Waals surface area contributed by atoms with Gasteiger partial charge in [-0.25, -0.2) is 0 Å². The molecule has 4 rings (SSSR count). The summed E-state index contributed by atoms with van der Waals surface area (Å²) in [4.78, 5) is 13.6. The van der Waals surface area contributed by atoms with E-state index in [-0.39, 0.29) is 39.7 Å². The van der Waals surface area contributed by atoms with Crippen LogP contribution in [0.5, 0.6) is 28.7 Å². The Kier molecular flexibility index (Phi) is 7.27. The monoisotopic (exact) mass is 504 g/mol. The van der Waals surface area contributed by atoms with Crippen molar-refractivity contribution in [1.29, 1.82) is 0 Å². The molecule has 2 aromatic carbocycles. The minimum atomic E-state index is -1.59. The van der Waals surface area contributed by atoms with Gasteiger partial charge in [0, 0.05) is 11.6 Å². The number of hydrogen-bond donors (Lipinski definition) is 3. The van der Waals surface area contributed by atoms with E-state index < -0.39 is 36.1 Å².